The van der Waals surface area contributed by atoms with Crippen LogP contribution < -0.4 is 5.32 Å². The first-order valence-electron chi connectivity index (χ1n) is 5.04. The smallest absolute Gasteiger partial charge is 0.303 e. The third-order valence-electron chi connectivity index (χ3n) is 2.11. The molecule has 0 atom stereocenters. The zero-order valence-corrected chi connectivity index (χ0v) is 10.2. The van der Waals surface area contributed by atoms with Crippen molar-refractivity contribution >= 4 is 34.7 Å². The van der Waals surface area contributed by atoms with Gasteiger partial charge in [-0.25, -0.2) is 0 Å². The summed E-state index contributed by atoms with van der Waals surface area (Å²) in [5, 5.41) is 20.6. The number of hydrogen-bond donors (Lipinski definition) is 1. The van der Waals surface area contributed by atoms with Crippen LogP contribution in [0, 0.1) is 15.9 Å². The van der Waals surface area contributed by atoms with Crippen LogP contribution in [-0.2, 0) is 4.79 Å². The molecule has 2 rings (SSSR count). The van der Waals surface area contributed by atoms with E-state index in [4.69, 9.17) is 0 Å². The molecule has 7 nitrogen and oxygen atoms in total. The van der Waals surface area contributed by atoms with Crippen LogP contribution in [0.15, 0.2) is 28.4 Å². The number of amides is 1. The van der Waals surface area contributed by atoms with Crippen LogP contribution in [0.4, 0.5) is 10.1 Å². The van der Waals surface area contributed by atoms with Gasteiger partial charge in [0.1, 0.15) is 0 Å². The first kappa shape index (κ1) is 13.1. The molecule has 0 aliphatic carbocycles. The summed E-state index contributed by atoms with van der Waals surface area (Å²) in [6.07, 6.45) is 1.24. The molecule has 1 aliphatic rings. The van der Waals surface area contributed by atoms with Gasteiger partial charge in [-0.05, 0) is 17.7 Å². The Morgan fingerprint density at radius 2 is 2.32 bits per heavy atom. The van der Waals surface area contributed by atoms with Crippen molar-refractivity contribution in [2.75, 3.05) is 5.75 Å². The van der Waals surface area contributed by atoms with Gasteiger partial charge < -0.3 is 5.32 Å². The molecule has 0 radical (unpaired) electrons. The number of carbonyl (C=O) groups is 1. The lowest BCUT2D eigenvalue weighted by Gasteiger charge is -1.95. The lowest BCUT2D eigenvalue weighted by atomic mass is 10.2. The summed E-state index contributed by atoms with van der Waals surface area (Å²) in [6.45, 7) is 0. The number of carbonyl (C=O) groups excluding carboxylic acids is 1. The van der Waals surface area contributed by atoms with Gasteiger partial charge in [0.25, 0.3) is 0 Å². The van der Waals surface area contributed by atoms with Crippen molar-refractivity contribution in [3.63, 3.8) is 0 Å². The van der Waals surface area contributed by atoms with Crippen molar-refractivity contribution in [1.29, 1.82) is 0 Å². The van der Waals surface area contributed by atoms with Gasteiger partial charge >= 0.3 is 5.69 Å². The van der Waals surface area contributed by atoms with Gasteiger partial charge in [-0.1, -0.05) is 11.8 Å². The number of hydrogen-bond acceptors (Lipinski definition) is 6. The molecule has 1 fully saturated rings. The van der Waals surface area contributed by atoms with Crippen molar-refractivity contribution in [2.24, 2.45) is 10.2 Å². The average molecular weight is 282 g/mol. The van der Waals surface area contributed by atoms with E-state index < -0.39 is 16.4 Å². The third-order valence-corrected chi connectivity index (χ3v) is 2.97. The maximum absolute atomic E-state index is 13.3. The minimum atomic E-state index is -0.940. The Morgan fingerprint density at radius 1 is 1.53 bits per heavy atom. The molecule has 1 N–H and O–H groups in total. The number of nitro benzene ring substituents is 1. The summed E-state index contributed by atoms with van der Waals surface area (Å²) >= 11 is 1.21. The SMILES string of the molecule is O=C1CSC(=NN=Cc2ccc([N+](=O)[O-])c(F)c2)N1. The Morgan fingerprint density at radius 3 is 2.89 bits per heavy atom. The molecule has 0 spiro atoms. The normalized spacial score (nSPS) is 17.1. The Kier molecular flexibility index (Phi) is 3.85. The second kappa shape index (κ2) is 5.57. The van der Waals surface area contributed by atoms with Crippen LogP contribution in [-0.4, -0.2) is 28.0 Å². The number of halogens is 1. The van der Waals surface area contributed by atoms with Crippen LogP contribution in [0.1, 0.15) is 5.56 Å². The number of amidine groups is 1. The first-order chi connectivity index (χ1) is 9.06. The second-order valence-electron chi connectivity index (χ2n) is 3.45. The van der Waals surface area contributed by atoms with Crippen molar-refractivity contribution in [3.05, 3.63) is 39.7 Å². The standard InChI is InChI=1S/C10H7FN4O3S/c11-7-3-6(1-2-8(7)15(17)18)4-12-14-10-13-9(16)5-19-10/h1-4H,5H2,(H,13,14,16). The number of rotatable bonds is 3. The Labute approximate surface area is 110 Å². The molecule has 19 heavy (non-hydrogen) atoms. The highest BCUT2D eigenvalue weighted by atomic mass is 32.2. The lowest BCUT2D eigenvalue weighted by Crippen LogP contribution is -2.19. The molecule has 1 heterocycles. The van der Waals surface area contributed by atoms with Gasteiger partial charge in [0, 0.05) is 6.07 Å². The maximum Gasteiger partial charge on any atom is 0.304 e. The molecule has 1 aromatic carbocycles. The van der Waals surface area contributed by atoms with E-state index in [-0.39, 0.29) is 5.91 Å². The predicted octanol–water partition coefficient (Wildman–Crippen LogP) is 1.29. The fraction of sp³-hybridized carbons (Fsp3) is 0.100. The molecular formula is C10H7FN4O3S. The summed E-state index contributed by atoms with van der Waals surface area (Å²) in [4.78, 5) is 20.5. The number of benzene rings is 1. The van der Waals surface area contributed by atoms with Crippen molar-refractivity contribution < 1.29 is 14.1 Å². The molecule has 9 heteroatoms. The van der Waals surface area contributed by atoms with Crippen molar-refractivity contribution in [2.45, 2.75) is 0 Å². The first-order valence-corrected chi connectivity index (χ1v) is 6.02. The van der Waals surface area contributed by atoms with Crippen molar-refractivity contribution in [1.82, 2.24) is 5.32 Å². The quantitative estimate of drug-likeness (QED) is 0.513. The van der Waals surface area contributed by atoms with Crippen LogP contribution in [0.5, 0.6) is 0 Å². The Hall–Kier alpha value is -2.29. The third kappa shape index (κ3) is 3.35. The van der Waals surface area contributed by atoms with Crippen LogP contribution in [0.2, 0.25) is 0 Å². The summed E-state index contributed by atoms with van der Waals surface area (Å²) < 4.78 is 13.3. The second-order valence-corrected chi connectivity index (χ2v) is 4.42. The fourth-order valence-corrected chi connectivity index (χ4v) is 1.91. The molecule has 0 saturated carbocycles. The molecule has 0 bridgehead atoms. The largest absolute Gasteiger partial charge is 0.304 e. The maximum atomic E-state index is 13.3. The summed E-state index contributed by atoms with van der Waals surface area (Å²) in [5.41, 5.74) is -0.260. The summed E-state index contributed by atoms with van der Waals surface area (Å²) in [6, 6.07) is 3.39. The molecule has 0 unspecified atom stereocenters. The van der Waals surface area contributed by atoms with E-state index in [1.807, 2.05) is 0 Å². The van der Waals surface area contributed by atoms with E-state index in [0.29, 0.717) is 16.5 Å². The van der Waals surface area contributed by atoms with E-state index in [2.05, 4.69) is 15.5 Å². The number of nitrogens with zero attached hydrogens (tertiary/aromatic N) is 3. The summed E-state index contributed by atoms with van der Waals surface area (Å²) in [7, 11) is 0. The zero-order chi connectivity index (χ0) is 13.8. The molecule has 1 aromatic rings. The van der Waals surface area contributed by atoms with Gasteiger partial charge in [-0.3, -0.25) is 14.9 Å². The number of thioether (sulfide) groups is 1. The van der Waals surface area contributed by atoms with E-state index in [1.54, 1.807) is 0 Å². The molecular weight excluding hydrogens is 275 g/mol. The van der Waals surface area contributed by atoms with E-state index in [0.717, 1.165) is 12.1 Å². The Balaban J connectivity index is 2.09. The number of nitro groups is 1. The number of nitrogens with one attached hydrogen (secondary N) is 1. The van der Waals surface area contributed by atoms with Crippen LogP contribution in [0.3, 0.4) is 0 Å². The Bertz CT molecular complexity index is 602. The van der Waals surface area contributed by atoms with Gasteiger partial charge in [0.05, 0.1) is 16.9 Å². The van der Waals surface area contributed by atoms with Crippen molar-refractivity contribution in [3.8, 4) is 0 Å². The molecule has 0 aromatic heterocycles. The van der Waals surface area contributed by atoms with Gasteiger partial charge in [0.2, 0.25) is 11.7 Å². The minimum Gasteiger partial charge on any atom is -0.303 e. The highest BCUT2D eigenvalue weighted by Crippen LogP contribution is 2.17. The molecule has 1 amide bonds. The monoisotopic (exact) mass is 282 g/mol. The fourth-order valence-electron chi connectivity index (χ4n) is 1.28. The van der Waals surface area contributed by atoms with E-state index in [9.17, 15) is 19.3 Å². The summed E-state index contributed by atoms with van der Waals surface area (Å²) in [5.74, 6) is -0.800. The van der Waals surface area contributed by atoms with Gasteiger partial charge in [0.15, 0.2) is 5.17 Å². The average Bonchev–Trinajstić information content (AvgIpc) is 2.75. The topological polar surface area (TPSA) is 97.0 Å². The predicted molar refractivity (Wildman–Crippen MR) is 68.7 cm³/mol. The van der Waals surface area contributed by atoms with E-state index >= 15 is 0 Å². The highest BCUT2D eigenvalue weighted by molar-refractivity contribution is 8.15. The van der Waals surface area contributed by atoms with E-state index in [1.165, 1.54) is 24.0 Å². The molecule has 98 valence electrons. The lowest BCUT2D eigenvalue weighted by molar-refractivity contribution is -0.387. The highest BCUT2D eigenvalue weighted by Gasteiger charge is 2.16. The van der Waals surface area contributed by atoms with Gasteiger partial charge in [-0.15, -0.1) is 5.10 Å². The zero-order valence-electron chi connectivity index (χ0n) is 9.37. The van der Waals surface area contributed by atoms with Crippen LogP contribution in [0.25, 0.3) is 0 Å². The molecule has 1 aliphatic heterocycles. The minimum absolute atomic E-state index is 0.152. The van der Waals surface area contributed by atoms with Crippen LogP contribution >= 0.6 is 11.8 Å². The van der Waals surface area contributed by atoms with Gasteiger partial charge in [-0.2, -0.15) is 9.49 Å². The molecule has 1 saturated heterocycles.